The first-order valence-corrected chi connectivity index (χ1v) is 9.40. The predicted octanol–water partition coefficient (Wildman–Crippen LogP) is 3.45. The van der Waals surface area contributed by atoms with Gasteiger partial charge in [-0.05, 0) is 46.5 Å². The molecular weight excluding hydrogens is 306 g/mol. The Kier molecular flexibility index (Phi) is 6.75. The van der Waals surface area contributed by atoms with E-state index in [1.807, 2.05) is 20.8 Å². The molecule has 6 heteroatoms. The smallest absolute Gasteiger partial charge is 0.407 e. The maximum absolute atomic E-state index is 12.3. The molecule has 2 rings (SSSR count). The zero-order chi connectivity index (χ0) is 17.6. The lowest BCUT2D eigenvalue weighted by molar-refractivity contribution is 0.0480. The molecular formula is C18H33N3O3. The zero-order valence-electron chi connectivity index (χ0n) is 15.3. The SMILES string of the molecule is CC(C)(C)OC(=O)N[C@@H]1CCCC[C@H]1NC(=O)NC1CCCCC1. The minimum absolute atomic E-state index is 0.0325. The number of alkyl carbamates (subject to hydrolysis) is 1. The van der Waals surface area contributed by atoms with E-state index in [2.05, 4.69) is 16.0 Å². The van der Waals surface area contributed by atoms with Crippen LogP contribution in [0.3, 0.4) is 0 Å². The van der Waals surface area contributed by atoms with Crippen LogP contribution in [-0.2, 0) is 4.74 Å². The Bertz CT molecular complexity index is 428. The highest BCUT2D eigenvalue weighted by atomic mass is 16.6. The summed E-state index contributed by atoms with van der Waals surface area (Å²) in [6.45, 7) is 5.54. The van der Waals surface area contributed by atoms with Crippen molar-refractivity contribution in [2.75, 3.05) is 0 Å². The molecule has 0 aromatic rings. The van der Waals surface area contributed by atoms with E-state index in [-0.39, 0.29) is 18.1 Å². The second kappa shape index (κ2) is 8.58. The standard InChI is InChI=1S/C18H33N3O3/c1-18(2,3)24-17(23)21-15-12-8-7-11-14(15)20-16(22)19-13-9-5-4-6-10-13/h13-15H,4-12H2,1-3H3,(H,21,23)(H2,19,20,22)/t14-,15-/m1/s1. The van der Waals surface area contributed by atoms with Crippen molar-refractivity contribution in [3.8, 4) is 0 Å². The summed E-state index contributed by atoms with van der Waals surface area (Å²) in [6, 6.07) is 0.0879. The molecule has 24 heavy (non-hydrogen) atoms. The molecule has 0 unspecified atom stereocenters. The van der Waals surface area contributed by atoms with E-state index >= 15 is 0 Å². The van der Waals surface area contributed by atoms with Gasteiger partial charge in [0.15, 0.2) is 0 Å². The van der Waals surface area contributed by atoms with Gasteiger partial charge in [0.25, 0.3) is 0 Å². The summed E-state index contributed by atoms with van der Waals surface area (Å²) in [5.74, 6) is 0. The Labute approximate surface area is 145 Å². The van der Waals surface area contributed by atoms with Gasteiger partial charge in [0.1, 0.15) is 5.60 Å². The molecule has 3 amide bonds. The highest BCUT2D eigenvalue weighted by molar-refractivity contribution is 5.75. The van der Waals surface area contributed by atoms with Crippen LogP contribution in [0.25, 0.3) is 0 Å². The summed E-state index contributed by atoms with van der Waals surface area (Å²) in [7, 11) is 0. The molecule has 6 nitrogen and oxygen atoms in total. The van der Waals surface area contributed by atoms with E-state index in [1.54, 1.807) is 0 Å². The highest BCUT2D eigenvalue weighted by Crippen LogP contribution is 2.20. The van der Waals surface area contributed by atoms with E-state index in [9.17, 15) is 9.59 Å². The van der Waals surface area contributed by atoms with Crippen molar-refractivity contribution in [2.45, 2.75) is 102 Å². The number of carbonyl (C=O) groups is 2. The van der Waals surface area contributed by atoms with E-state index in [1.165, 1.54) is 19.3 Å². The third kappa shape index (κ3) is 6.57. The number of carbonyl (C=O) groups excluding carboxylic acids is 2. The van der Waals surface area contributed by atoms with E-state index < -0.39 is 11.7 Å². The van der Waals surface area contributed by atoms with Crippen LogP contribution in [0, 0.1) is 0 Å². The van der Waals surface area contributed by atoms with Gasteiger partial charge in [-0.1, -0.05) is 32.1 Å². The Morgan fingerprint density at radius 3 is 1.92 bits per heavy atom. The number of ether oxygens (including phenoxy) is 1. The average Bonchev–Trinajstić information content (AvgIpc) is 2.48. The topological polar surface area (TPSA) is 79.5 Å². The molecule has 0 radical (unpaired) electrons. The molecule has 0 spiro atoms. The first kappa shape index (κ1) is 18.9. The van der Waals surface area contributed by atoms with Crippen LogP contribution >= 0.6 is 0 Å². The van der Waals surface area contributed by atoms with Crippen molar-refractivity contribution in [2.24, 2.45) is 0 Å². The molecule has 2 saturated carbocycles. The Morgan fingerprint density at radius 1 is 0.792 bits per heavy atom. The van der Waals surface area contributed by atoms with Crippen molar-refractivity contribution in [1.82, 2.24) is 16.0 Å². The summed E-state index contributed by atoms with van der Waals surface area (Å²) in [5.41, 5.74) is -0.514. The van der Waals surface area contributed by atoms with Crippen molar-refractivity contribution in [1.29, 1.82) is 0 Å². The van der Waals surface area contributed by atoms with Crippen LogP contribution in [-0.4, -0.2) is 35.9 Å². The molecule has 0 bridgehead atoms. The average molecular weight is 339 g/mol. The monoisotopic (exact) mass is 339 g/mol. The Hall–Kier alpha value is -1.46. The zero-order valence-corrected chi connectivity index (χ0v) is 15.3. The van der Waals surface area contributed by atoms with Crippen molar-refractivity contribution in [3.05, 3.63) is 0 Å². The first-order valence-electron chi connectivity index (χ1n) is 9.40. The van der Waals surface area contributed by atoms with Crippen LogP contribution in [0.15, 0.2) is 0 Å². The van der Waals surface area contributed by atoms with Crippen molar-refractivity contribution < 1.29 is 14.3 Å². The largest absolute Gasteiger partial charge is 0.444 e. The van der Waals surface area contributed by atoms with E-state index in [0.717, 1.165) is 38.5 Å². The van der Waals surface area contributed by atoms with Crippen molar-refractivity contribution in [3.63, 3.8) is 0 Å². The Balaban J connectivity index is 1.82. The number of amides is 3. The highest BCUT2D eigenvalue weighted by Gasteiger charge is 2.30. The minimum Gasteiger partial charge on any atom is -0.444 e. The third-order valence-electron chi connectivity index (χ3n) is 4.72. The molecule has 3 N–H and O–H groups in total. The van der Waals surface area contributed by atoms with Gasteiger partial charge in [0.2, 0.25) is 0 Å². The van der Waals surface area contributed by atoms with Crippen LogP contribution in [0.5, 0.6) is 0 Å². The molecule has 0 heterocycles. The predicted molar refractivity (Wildman–Crippen MR) is 94.0 cm³/mol. The lowest BCUT2D eigenvalue weighted by atomic mass is 9.90. The second-order valence-electron chi connectivity index (χ2n) is 8.10. The van der Waals surface area contributed by atoms with Gasteiger partial charge in [0.05, 0.1) is 12.1 Å². The Morgan fingerprint density at radius 2 is 1.33 bits per heavy atom. The lowest BCUT2D eigenvalue weighted by Crippen LogP contribution is -2.56. The van der Waals surface area contributed by atoms with Gasteiger partial charge < -0.3 is 20.7 Å². The van der Waals surface area contributed by atoms with Gasteiger partial charge in [-0.2, -0.15) is 0 Å². The molecule has 2 atom stereocenters. The van der Waals surface area contributed by atoms with E-state index in [0.29, 0.717) is 6.04 Å². The second-order valence-corrected chi connectivity index (χ2v) is 8.10. The van der Waals surface area contributed by atoms with Gasteiger partial charge in [-0.25, -0.2) is 9.59 Å². The molecule has 2 aliphatic rings. The number of hydrogen-bond acceptors (Lipinski definition) is 3. The summed E-state index contributed by atoms with van der Waals surface area (Å²) >= 11 is 0. The maximum atomic E-state index is 12.3. The van der Waals surface area contributed by atoms with Gasteiger partial charge >= 0.3 is 12.1 Å². The van der Waals surface area contributed by atoms with Crippen molar-refractivity contribution >= 4 is 12.1 Å². The summed E-state index contributed by atoms with van der Waals surface area (Å²) < 4.78 is 5.34. The van der Waals surface area contributed by atoms with Gasteiger partial charge in [-0.3, -0.25) is 0 Å². The summed E-state index contributed by atoms with van der Waals surface area (Å²) in [6.07, 6.45) is 9.26. The fourth-order valence-corrected chi connectivity index (χ4v) is 3.58. The fraction of sp³-hybridized carbons (Fsp3) is 0.889. The lowest BCUT2D eigenvalue weighted by Gasteiger charge is -2.34. The number of urea groups is 1. The maximum Gasteiger partial charge on any atom is 0.407 e. The van der Waals surface area contributed by atoms with Crippen LogP contribution in [0.4, 0.5) is 9.59 Å². The molecule has 0 aromatic heterocycles. The molecule has 0 saturated heterocycles. The number of nitrogens with one attached hydrogen (secondary N) is 3. The quantitative estimate of drug-likeness (QED) is 0.737. The van der Waals surface area contributed by atoms with E-state index in [4.69, 9.17) is 4.74 Å². The van der Waals surface area contributed by atoms with Crippen LogP contribution in [0.2, 0.25) is 0 Å². The van der Waals surface area contributed by atoms with Crippen LogP contribution < -0.4 is 16.0 Å². The molecule has 2 aliphatic carbocycles. The molecule has 0 aromatic carbocycles. The number of hydrogen-bond donors (Lipinski definition) is 3. The summed E-state index contributed by atoms with van der Waals surface area (Å²) in [5, 5.41) is 9.08. The van der Waals surface area contributed by atoms with Crippen LogP contribution in [0.1, 0.15) is 78.6 Å². The fourth-order valence-electron chi connectivity index (χ4n) is 3.58. The van der Waals surface area contributed by atoms with Gasteiger partial charge in [-0.15, -0.1) is 0 Å². The molecule has 0 aliphatic heterocycles. The number of rotatable bonds is 3. The normalized spacial score (nSPS) is 25.6. The third-order valence-corrected chi connectivity index (χ3v) is 4.72. The minimum atomic E-state index is -0.514. The van der Waals surface area contributed by atoms with Gasteiger partial charge in [0, 0.05) is 6.04 Å². The molecule has 138 valence electrons. The first-order chi connectivity index (χ1) is 11.3. The molecule has 2 fully saturated rings. The summed E-state index contributed by atoms with van der Waals surface area (Å²) in [4.78, 5) is 24.3.